The Balaban J connectivity index is 1.79. The van der Waals surface area contributed by atoms with Gasteiger partial charge < -0.3 is 19.9 Å². The van der Waals surface area contributed by atoms with Crippen LogP contribution >= 0.6 is 15.9 Å². The summed E-state index contributed by atoms with van der Waals surface area (Å²) in [5, 5.41) is 3.15. The van der Waals surface area contributed by atoms with Gasteiger partial charge in [0.1, 0.15) is 0 Å². The highest BCUT2D eigenvalue weighted by Gasteiger charge is 2.24. The Bertz CT molecular complexity index is 572. The molecule has 6 nitrogen and oxygen atoms in total. The van der Waals surface area contributed by atoms with Gasteiger partial charge in [0.25, 0.3) is 0 Å². The molecular formula is C16H22BrN3O3. The van der Waals surface area contributed by atoms with Crippen LogP contribution < -0.4 is 5.32 Å². The summed E-state index contributed by atoms with van der Waals surface area (Å²) in [6, 6.07) is 5.89. The number of carbonyl (C=O) groups is 2. The van der Waals surface area contributed by atoms with Gasteiger partial charge in [-0.1, -0.05) is 15.9 Å². The molecule has 0 atom stereocenters. The van der Waals surface area contributed by atoms with Crippen LogP contribution in [0.1, 0.15) is 12.5 Å². The van der Waals surface area contributed by atoms with Crippen molar-refractivity contribution in [3.63, 3.8) is 0 Å². The van der Waals surface area contributed by atoms with Crippen LogP contribution in [0.25, 0.3) is 0 Å². The molecule has 0 aliphatic carbocycles. The molecule has 1 N–H and O–H groups in total. The van der Waals surface area contributed by atoms with E-state index >= 15 is 0 Å². The lowest BCUT2D eigenvalue weighted by Crippen LogP contribution is -2.51. The van der Waals surface area contributed by atoms with Crippen molar-refractivity contribution in [3.8, 4) is 0 Å². The van der Waals surface area contributed by atoms with Crippen molar-refractivity contribution in [1.29, 1.82) is 0 Å². The van der Waals surface area contributed by atoms with E-state index in [-0.39, 0.29) is 18.5 Å². The van der Waals surface area contributed by atoms with E-state index in [0.717, 1.165) is 15.7 Å². The number of nitrogens with one attached hydrogen (secondary N) is 1. The van der Waals surface area contributed by atoms with Crippen molar-refractivity contribution in [1.82, 2.24) is 9.80 Å². The molecule has 0 aromatic heterocycles. The molecule has 2 amide bonds. The molecule has 1 fully saturated rings. The van der Waals surface area contributed by atoms with Crippen LogP contribution in [-0.4, -0.2) is 61.1 Å². The van der Waals surface area contributed by atoms with E-state index in [2.05, 4.69) is 21.2 Å². The number of hydrogen-bond donors (Lipinski definition) is 1. The molecule has 1 aromatic carbocycles. The molecule has 1 aliphatic rings. The van der Waals surface area contributed by atoms with Gasteiger partial charge in [-0.25, -0.2) is 4.79 Å². The van der Waals surface area contributed by atoms with Crippen LogP contribution in [0.4, 0.5) is 10.5 Å². The number of halogens is 1. The quantitative estimate of drug-likeness (QED) is 0.867. The van der Waals surface area contributed by atoms with E-state index in [1.54, 1.807) is 16.7 Å². The monoisotopic (exact) mass is 383 g/mol. The van der Waals surface area contributed by atoms with E-state index in [0.29, 0.717) is 32.8 Å². The van der Waals surface area contributed by atoms with Crippen molar-refractivity contribution >= 4 is 33.6 Å². The van der Waals surface area contributed by atoms with Gasteiger partial charge >= 0.3 is 6.09 Å². The topological polar surface area (TPSA) is 61.9 Å². The van der Waals surface area contributed by atoms with Crippen molar-refractivity contribution in [3.05, 3.63) is 28.2 Å². The van der Waals surface area contributed by atoms with Crippen molar-refractivity contribution in [2.75, 3.05) is 44.6 Å². The zero-order chi connectivity index (χ0) is 16.8. The Hall–Kier alpha value is -1.76. The molecule has 126 valence electrons. The predicted molar refractivity (Wildman–Crippen MR) is 92.5 cm³/mol. The number of piperazine rings is 1. The third-order valence-electron chi connectivity index (χ3n) is 3.76. The smallest absolute Gasteiger partial charge is 0.409 e. The van der Waals surface area contributed by atoms with E-state index in [1.807, 2.05) is 25.1 Å². The molecule has 1 saturated heterocycles. The fourth-order valence-corrected chi connectivity index (χ4v) is 2.64. The first-order valence-electron chi connectivity index (χ1n) is 7.70. The lowest BCUT2D eigenvalue weighted by Gasteiger charge is -2.34. The SMILES string of the molecule is CCOC(=O)N1CCN(C(=O)CNc2ccc(Br)c(C)c2)CC1. The minimum atomic E-state index is -0.303. The molecule has 1 aromatic rings. The maximum atomic E-state index is 12.2. The number of benzene rings is 1. The summed E-state index contributed by atoms with van der Waals surface area (Å²) in [4.78, 5) is 27.3. The van der Waals surface area contributed by atoms with Gasteiger partial charge in [0.2, 0.25) is 5.91 Å². The Kier molecular flexibility index (Phi) is 6.27. The van der Waals surface area contributed by atoms with Gasteiger partial charge in [-0.15, -0.1) is 0 Å². The average Bonchev–Trinajstić information content (AvgIpc) is 2.56. The number of carbonyl (C=O) groups excluding carboxylic acids is 2. The number of anilines is 1. The molecule has 1 heterocycles. The minimum Gasteiger partial charge on any atom is -0.450 e. The highest BCUT2D eigenvalue weighted by Crippen LogP contribution is 2.19. The molecule has 0 saturated carbocycles. The highest BCUT2D eigenvalue weighted by atomic mass is 79.9. The predicted octanol–water partition coefficient (Wildman–Crippen LogP) is 2.47. The summed E-state index contributed by atoms with van der Waals surface area (Å²) in [6.07, 6.45) is -0.303. The minimum absolute atomic E-state index is 0.0362. The number of amides is 2. The summed E-state index contributed by atoms with van der Waals surface area (Å²) < 4.78 is 6.02. The average molecular weight is 384 g/mol. The summed E-state index contributed by atoms with van der Waals surface area (Å²) in [6.45, 7) is 6.52. The number of ether oxygens (including phenoxy) is 1. The molecule has 0 unspecified atom stereocenters. The fourth-order valence-electron chi connectivity index (χ4n) is 2.40. The van der Waals surface area contributed by atoms with Crippen LogP contribution in [0.15, 0.2) is 22.7 Å². The Labute approximate surface area is 144 Å². The number of rotatable bonds is 4. The number of nitrogens with zero attached hydrogens (tertiary/aromatic N) is 2. The lowest BCUT2D eigenvalue weighted by molar-refractivity contribution is -0.130. The lowest BCUT2D eigenvalue weighted by atomic mass is 10.2. The number of aryl methyl sites for hydroxylation is 1. The van der Waals surface area contributed by atoms with Crippen LogP contribution in [0.2, 0.25) is 0 Å². The molecule has 7 heteroatoms. The second kappa shape index (κ2) is 8.19. The second-order valence-corrected chi connectivity index (χ2v) is 6.24. The first-order chi connectivity index (χ1) is 11.0. The van der Waals surface area contributed by atoms with Gasteiger partial charge in [-0.3, -0.25) is 4.79 Å². The summed E-state index contributed by atoms with van der Waals surface area (Å²) in [7, 11) is 0. The number of hydrogen-bond acceptors (Lipinski definition) is 4. The van der Waals surface area contributed by atoms with Gasteiger partial charge in [0, 0.05) is 36.3 Å². The van der Waals surface area contributed by atoms with Crippen LogP contribution in [0, 0.1) is 6.92 Å². The summed E-state index contributed by atoms with van der Waals surface area (Å²) in [5.41, 5.74) is 2.04. The second-order valence-electron chi connectivity index (χ2n) is 5.38. The third-order valence-corrected chi connectivity index (χ3v) is 4.65. The first-order valence-corrected chi connectivity index (χ1v) is 8.50. The van der Waals surface area contributed by atoms with Crippen molar-refractivity contribution < 1.29 is 14.3 Å². The zero-order valence-electron chi connectivity index (χ0n) is 13.5. The van der Waals surface area contributed by atoms with Gasteiger partial charge in [0.15, 0.2) is 0 Å². The Morgan fingerprint density at radius 1 is 1.22 bits per heavy atom. The van der Waals surface area contributed by atoms with E-state index in [9.17, 15) is 9.59 Å². The molecule has 0 spiro atoms. The van der Waals surface area contributed by atoms with E-state index in [1.165, 1.54) is 0 Å². The van der Waals surface area contributed by atoms with Crippen LogP contribution in [0.5, 0.6) is 0 Å². The molecule has 0 bridgehead atoms. The molecule has 1 aliphatic heterocycles. The molecule has 23 heavy (non-hydrogen) atoms. The molecular weight excluding hydrogens is 362 g/mol. The first kappa shape index (κ1) is 17.6. The summed E-state index contributed by atoms with van der Waals surface area (Å²) >= 11 is 3.45. The third kappa shape index (κ3) is 4.86. The maximum Gasteiger partial charge on any atom is 0.409 e. The van der Waals surface area contributed by atoms with Gasteiger partial charge in [-0.2, -0.15) is 0 Å². The standard InChI is InChI=1S/C16H22BrN3O3/c1-3-23-16(22)20-8-6-19(7-9-20)15(21)11-18-13-4-5-14(17)12(2)10-13/h4-5,10,18H,3,6-9,11H2,1-2H3. The normalized spacial score (nSPS) is 14.6. The Morgan fingerprint density at radius 3 is 2.48 bits per heavy atom. The molecule has 2 rings (SSSR count). The summed E-state index contributed by atoms with van der Waals surface area (Å²) in [5.74, 6) is 0.0362. The van der Waals surface area contributed by atoms with Crippen LogP contribution in [-0.2, 0) is 9.53 Å². The van der Waals surface area contributed by atoms with Gasteiger partial charge in [0.05, 0.1) is 13.2 Å². The zero-order valence-corrected chi connectivity index (χ0v) is 15.1. The highest BCUT2D eigenvalue weighted by molar-refractivity contribution is 9.10. The van der Waals surface area contributed by atoms with Gasteiger partial charge in [-0.05, 0) is 37.6 Å². The van der Waals surface area contributed by atoms with Crippen LogP contribution in [0.3, 0.4) is 0 Å². The Morgan fingerprint density at radius 2 is 1.87 bits per heavy atom. The molecule has 0 radical (unpaired) electrons. The van der Waals surface area contributed by atoms with E-state index in [4.69, 9.17) is 4.74 Å². The largest absolute Gasteiger partial charge is 0.450 e. The van der Waals surface area contributed by atoms with E-state index < -0.39 is 0 Å². The van der Waals surface area contributed by atoms with Crippen molar-refractivity contribution in [2.24, 2.45) is 0 Å². The van der Waals surface area contributed by atoms with Crippen molar-refractivity contribution in [2.45, 2.75) is 13.8 Å². The fraction of sp³-hybridized carbons (Fsp3) is 0.500. The maximum absolute atomic E-state index is 12.2.